The first-order valence-electron chi connectivity index (χ1n) is 10.0. The predicted octanol–water partition coefficient (Wildman–Crippen LogP) is 3.27. The van der Waals surface area contributed by atoms with Gasteiger partial charge in [0.25, 0.3) is 0 Å². The Labute approximate surface area is 175 Å². The average molecular weight is 426 g/mol. The van der Waals surface area contributed by atoms with E-state index in [0.29, 0.717) is 37.8 Å². The monoisotopic (exact) mass is 425 g/mol. The van der Waals surface area contributed by atoms with Crippen LogP contribution in [0.4, 0.5) is 0 Å². The van der Waals surface area contributed by atoms with Crippen LogP contribution in [-0.4, -0.2) is 48.6 Å². The Hall–Kier alpha value is -2.84. The number of fused-ring (bicyclic) bond motifs is 1. The molecule has 0 aliphatic carbocycles. The maximum Gasteiger partial charge on any atom is 0.243 e. The number of nitrogens with zero attached hydrogens (tertiary/aromatic N) is 3. The van der Waals surface area contributed by atoms with Gasteiger partial charge in [-0.2, -0.15) is 4.31 Å². The van der Waals surface area contributed by atoms with E-state index in [1.807, 2.05) is 43.5 Å². The molecule has 0 radical (unpaired) electrons. The molecular formula is C22H23N3O4S. The van der Waals surface area contributed by atoms with Crippen molar-refractivity contribution in [1.29, 1.82) is 0 Å². The number of benzene rings is 2. The second-order valence-corrected chi connectivity index (χ2v) is 9.51. The zero-order valence-corrected chi connectivity index (χ0v) is 17.5. The first kappa shape index (κ1) is 19.1. The summed E-state index contributed by atoms with van der Waals surface area (Å²) < 4.78 is 41.3. The number of aryl methyl sites for hydroxylation is 1. The molecule has 8 heteroatoms. The lowest BCUT2D eigenvalue weighted by molar-refractivity contribution is 0.171. The minimum absolute atomic E-state index is 0.0368. The van der Waals surface area contributed by atoms with Crippen molar-refractivity contribution >= 4 is 10.0 Å². The SMILES string of the molecule is Cc1cnc(-c2ccccc2)n1C1CCN(S(=O)(=O)c2ccc3c(c2)OCCO3)C1. The second-order valence-electron chi connectivity index (χ2n) is 7.57. The van der Waals surface area contributed by atoms with E-state index in [1.165, 1.54) is 0 Å². The minimum Gasteiger partial charge on any atom is -0.486 e. The smallest absolute Gasteiger partial charge is 0.243 e. The van der Waals surface area contributed by atoms with Crippen molar-refractivity contribution in [3.8, 4) is 22.9 Å². The van der Waals surface area contributed by atoms with Gasteiger partial charge in [0.15, 0.2) is 11.5 Å². The van der Waals surface area contributed by atoms with Gasteiger partial charge in [0, 0.05) is 36.6 Å². The molecule has 2 aliphatic rings. The largest absolute Gasteiger partial charge is 0.486 e. The van der Waals surface area contributed by atoms with Gasteiger partial charge in [-0.25, -0.2) is 13.4 Å². The third-order valence-corrected chi connectivity index (χ3v) is 7.52. The highest BCUT2D eigenvalue weighted by molar-refractivity contribution is 7.89. The molecule has 1 aromatic heterocycles. The van der Waals surface area contributed by atoms with Crippen molar-refractivity contribution in [3.05, 3.63) is 60.4 Å². The lowest BCUT2D eigenvalue weighted by Gasteiger charge is -2.22. The van der Waals surface area contributed by atoms with Gasteiger partial charge in [0.1, 0.15) is 19.0 Å². The van der Waals surface area contributed by atoms with E-state index >= 15 is 0 Å². The Bertz CT molecular complexity index is 1170. The van der Waals surface area contributed by atoms with Crippen LogP contribution in [0.25, 0.3) is 11.4 Å². The quantitative estimate of drug-likeness (QED) is 0.642. The van der Waals surface area contributed by atoms with Crippen molar-refractivity contribution in [1.82, 2.24) is 13.9 Å². The fraction of sp³-hybridized carbons (Fsp3) is 0.318. The number of aromatic nitrogens is 2. The van der Waals surface area contributed by atoms with Crippen LogP contribution in [0.2, 0.25) is 0 Å². The summed E-state index contributed by atoms with van der Waals surface area (Å²) in [7, 11) is -3.62. The summed E-state index contributed by atoms with van der Waals surface area (Å²) in [5, 5.41) is 0. The average Bonchev–Trinajstić information content (AvgIpc) is 3.41. The van der Waals surface area contributed by atoms with Gasteiger partial charge in [0.2, 0.25) is 10.0 Å². The van der Waals surface area contributed by atoms with Crippen LogP contribution in [0.5, 0.6) is 11.5 Å². The van der Waals surface area contributed by atoms with Crippen LogP contribution in [0.1, 0.15) is 18.2 Å². The number of rotatable bonds is 4. The molecule has 7 nitrogen and oxygen atoms in total. The van der Waals surface area contributed by atoms with Gasteiger partial charge in [-0.1, -0.05) is 30.3 Å². The molecule has 0 saturated carbocycles. The van der Waals surface area contributed by atoms with Gasteiger partial charge >= 0.3 is 0 Å². The van der Waals surface area contributed by atoms with E-state index in [9.17, 15) is 8.42 Å². The lowest BCUT2D eigenvalue weighted by atomic mass is 10.2. The van der Waals surface area contributed by atoms with E-state index in [-0.39, 0.29) is 10.9 Å². The van der Waals surface area contributed by atoms with Crippen LogP contribution in [0.3, 0.4) is 0 Å². The summed E-state index contributed by atoms with van der Waals surface area (Å²) >= 11 is 0. The van der Waals surface area contributed by atoms with Crippen LogP contribution < -0.4 is 9.47 Å². The first-order valence-corrected chi connectivity index (χ1v) is 11.5. The summed E-state index contributed by atoms with van der Waals surface area (Å²) in [6.07, 6.45) is 2.58. The van der Waals surface area contributed by atoms with Gasteiger partial charge in [-0.15, -0.1) is 0 Å². The summed E-state index contributed by atoms with van der Waals surface area (Å²) in [6, 6.07) is 14.9. The van der Waals surface area contributed by atoms with Crippen molar-refractivity contribution in [2.45, 2.75) is 24.3 Å². The Morgan fingerprint density at radius 3 is 2.60 bits per heavy atom. The highest BCUT2D eigenvalue weighted by Crippen LogP contribution is 2.36. The van der Waals surface area contributed by atoms with E-state index < -0.39 is 10.0 Å². The zero-order chi connectivity index (χ0) is 20.7. The molecule has 1 unspecified atom stereocenters. The number of hydrogen-bond acceptors (Lipinski definition) is 5. The predicted molar refractivity (Wildman–Crippen MR) is 112 cm³/mol. The molecule has 1 atom stereocenters. The van der Waals surface area contributed by atoms with Gasteiger partial charge in [0.05, 0.1) is 10.9 Å². The minimum atomic E-state index is -3.62. The molecule has 30 heavy (non-hydrogen) atoms. The van der Waals surface area contributed by atoms with Gasteiger partial charge in [-0.05, 0) is 25.5 Å². The van der Waals surface area contributed by atoms with Crippen LogP contribution >= 0.6 is 0 Å². The van der Waals surface area contributed by atoms with Crippen molar-refractivity contribution < 1.29 is 17.9 Å². The normalized spacial score (nSPS) is 19.2. The topological polar surface area (TPSA) is 73.7 Å². The molecule has 0 bridgehead atoms. The van der Waals surface area contributed by atoms with Crippen molar-refractivity contribution in [3.63, 3.8) is 0 Å². The number of hydrogen-bond donors (Lipinski definition) is 0. The Morgan fingerprint density at radius 1 is 1.03 bits per heavy atom. The third-order valence-electron chi connectivity index (χ3n) is 5.66. The first-order chi connectivity index (χ1) is 14.5. The Kier molecular flexibility index (Phi) is 4.75. The molecule has 5 rings (SSSR count). The highest BCUT2D eigenvalue weighted by atomic mass is 32.2. The van der Waals surface area contributed by atoms with Crippen molar-refractivity contribution in [2.75, 3.05) is 26.3 Å². The Balaban J connectivity index is 1.42. The van der Waals surface area contributed by atoms with Crippen LogP contribution in [-0.2, 0) is 10.0 Å². The maximum absolute atomic E-state index is 13.3. The standard InChI is InChI=1S/C22H23N3O4S/c1-16-14-23-22(17-5-3-2-4-6-17)25(16)18-9-10-24(15-18)30(26,27)19-7-8-20-21(13-19)29-12-11-28-20/h2-8,13-14,18H,9-12,15H2,1H3. The molecule has 3 aromatic rings. The van der Waals surface area contributed by atoms with Gasteiger partial charge in [-0.3, -0.25) is 0 Å². The van der Waals surface area contributed by atoms with Crippen molar-refractivity contribution in [2.24, 2.45) is 0 Å². The molecule has 3 heterocycles. The zero-order valence-electron chi connectivity index (χ0n) is 16.7. The molecule has 0 amide bonds. The molecule has 2 aromatic carbocycles. The molecular weight excluding hydrogens is 402 g/mol. The van der Waals surface area contributed by atoms with Crippen LogP contribution in [0.15, 0.2) is 59.6 Å². The molecule has 0 N–H and O–H groups in total. The van der Waals surface area contributed by atoms with E-state index in [4.69, 9.17) is 9.47 Å². The second kappa shape index (κ2) is 7.45. The summed E-state index contributed by atoms with van der Waals surface area (Å²) in [4.78, 5) is 4.82. The molecule has 1 saturated heterocycles. The van der Waals surface area contributed by atoms with E-state index in [1.54, 1.807) is 22.5 Å². The summed E-state index contributed by atoms with van der Waals surface area (Å²) in [5.74, 6) is 1.94. The maximum atomic E-state index is 13.3. The molecule has 2 aliphatic heterocycles. The van der Waals surface area contributed by atoms with Gasteiger partial charge < -0.3 is 14.0 Å². The summed E-state index contributed by atoms with van der Waals surface area (Å²) in [5.41, 5.74) is 2.05. The number of sulfonamides is 1. The third kappa shape index (κ3) is 3.26. The molecule has 1 fully saturated rings. The number of imidazole rings is 1. The van der Waals surface area contributed by atoms with Crippen LogP contribution in [0, 0.1) is 6.92 Å². The molecule has 156 valence electrons. The molecule has 0 spiro atoms. The lowest BCUT2D eigenvalue weighted by Crippen LogP contribution is -2.29. The van der Waals surface area contributed by atoms with E-state index in [0.717, 1.165) is 23.5 Å². The highest BCUT2D eigenvalue weighted by Gasteiger charge is 2.35. The number of ether oxygens (including phenoxy) is 2. The van der Waals surface area contributed by atoms with E-state index in [2.05, 4.69) is 9.55 Å². The fourth-order valence-corrected chi connectivity index (χ4v) is 5.69. The Morgan fingerprint density at radius 2 is 1.80 bits per heavy atom. The summed E-state index contributed by atoms with van der Waals surface area (Å²) in [6.45, 7) is 3.78. The fourth-order valence-electron chi connectivity index (χ4n) is 4.18.